The number of hydrogen-bond donors (Lipinski definition) is 0. The van der Waals surface area contributed by atoms with E-state index in [1.165, 1.54) is 6.42 Å². The van der Waals surface area contributed by atoms with Crippen LogP contribution in [0.4, 0.5) is 0 Å². The second-order valence-electron chi connectivity index (χ2n) is 0.707. The molecule has 0 heterocycles. The van der Waals surface area contributed by atoms with Crippen molar-refractivity contribution in [2.45, 2.75) is 35.1 Å². The molecule has 0 amide bonds. The lowest BCUT2D eigenvalue weighted by molar-refractivity contribution is 1.09. The summed E-state index contributed by atoms with van der Waals surface area (Å²) in [5.74, 6) is 0. The maximum Gasteiger partial charge on any atom is 0 e. The van der Waals surface area contributed by atoms with Gasteiger partial charge in [-0.3, -0.25) is 0 Å². The lowest BCUT2D eigenvalue weighted by atomic mass is 10.6. The Morgan fingerprint density at radius 1 is 1.40 bits per heavy atom. The summed E-state index contributed by atoms with van der Waals surface area (Å²) in [7, 11) is 0. The van der Waals surface area contributed by atoms with Crippen LogP contribution in [0.5, 0.6) is 0 Å². The minimum absolute atomic E-state index is 0. The van der Waals surface area contributed by atoms with E-state index in [0.29, 0.717) is 0 Å². The molecule has 0 rings (SSSR count). The van der Waals surface area contributed by atoms with Gasteiger partial charge in [0, 0.05) is 7.25 Å². The van der Waals surface area contributed by atoms with Crippen molar-refractivity contribution in [2.24, 2.45) is 0 Å². The largest absolute Gasteiger partial charge is 0.0776 e. The summed E-state index contributed by atoms with van der Waals surface area (Å²) in [5, 5.41) is 0. The van der Waals surface area contributed by atoms with Crippen molar-refractivity contribution in [3.05, 3.63) is 0 Å². The third-order valence-corrected chi connectivity index (χ3v) is 0. The topological polar surface area (TPSA) is 0 Å². The fraction of sp³-hybridized carbons (Fsp3) is 1.00. The molecular weight excluding hydrogens is 60.1 g/mol. The van der Waals surface area contributed by atoms with Gasteiger partial charge in [-0.15, -0.1) is 0 Å². The van der Waals surface area contributed by atoms with Gasteiger partial charge in [0.05, 0.1) is 0 Å². The summed E-state index contributed by atoms with van der Waals surface area (Å²) < 4.78 is 10.0. The predicted octanol–water partition coefficient (Wildman–Crippen LogP) is 3.67. The fourth-order valence-electron chi connectivity index (χ4n) is 0. The molecule has 0 heteroatoms. The van der Waals surface area contributed by atoms with Gasteiger partial charge in [-0.25, -0.2) is 0 Å². The second-order valence-corrected chi connectivity index (χ2v) is 0.707. The standard InChI is InChI=1S/C3H8.2CH4.4H2/c1-3-2;;;;;;/h3H2,1-2H3;2*1H4;4*1H/i;;;1+1D;3*1+1. The Bertz CT molecular complexity index is 10.0. The summed E-state index contributed by atoms with van der Waals surface area (Å²) >= 11 is 0. The molecule has 5 heavy (non-hydrogen) atoms. The molecule has 0 aromatic heterocycles. The van der Waals surface area contributed by atoms with Crippen LogP contribution in [0.15, 0.2) is 0 Å². The Kier molecular flexibility index (Phi) is 64.0. The lowest BCUT2D eigenvalue weighted by Crippen LogP contribution is -1.27. The van der Waals surface area contributed by atoms with E-state index in [4.69, 9.17) is 2.97 Å². The van der Waals surface area contributed by atoms with E-state index in [2.05, 4.69) is 13.8 Å². The Morgan fingerprint density at radius 3 is 1.40 bits per heavy atom. The number of hydrogen-bond acceptors (Lipinski definition) is 0. The lowest BCUT2D eigenvalue weighted by Gasteiger charge is -1.48. The highest BCUT2D eigenvalue weighted by Gasteiger charge is 1.35. The molecular formula is C5H24. The molecule has 0 unspecified atom stereocenters. The minimum Gasteiger partial charge on any atom is -0.0776 e. The predicted molar refractivity (Wildman–Crippen MR) is 37.9 cm³/mol. The van der Waals surface area contributed by atoms with E-state index in [1.54, 1.807) is 0 Å². The molecule has 44 valence electrons. The van der Waals surface area contributed by atoms with E-state index < -0.39 is 0 Å². The van der Waals surface area contributed by atoms with Gasteiger partial charge in [0.15, 0.2) is 0 Å². The van der Waals surface area contributed by atoms with Crippen LogP contribution in [-0.2, 0) is 0 Å². The van der Waals surface area contributed by atoms with Gasteiger partial charge < -0.3 is 0 Å². The average Bonchev–Trinajstić information content (AvgIpc) is 1.46. The van der Waals surface area contributed by atoms with Crippen molar-refractivity contribution >= 4 is 0 Å². The molecule has 0 nitrogen and oxygen atoms in total. The van der Waals surface area contributed by atoms with Crippen LogP contribution in [0.3, 0.4) is 0 Å². The van der Waals surface area contributed by atoms with E-state index in [1.807, 2.05) is 0 Å². The highest BCUT2D eigenvalue weighted by atomic mass is 13.4. The maximum absolute atomic E-state index is 5.00. The smallest absolute Gasteiger partial charge is 0 e. The monoisotopic (exact) mass is 89.2 g/mol. The molecule has 0 saturated heterocycles. The van der Waals surface area contributed by atoms with Gasteiger partial charge in [0.2, 0.25) is 0 Å². The first-order valence-corrected chi connectivity index (χ1v) is 1.41. The van der Waals surface area contributed by atoms with E-state index in [9.17, 15) is 0 Å². The molecule has 0 saturated carbocycles. The molecule has 0 bridgehead atoms. The minimum atomic E-state index is 0. The van der Waals surface area contributed by atoms with Crippen molar-refractivity contribution in [1.82, 2.24) is 0 Å². The summed E-state index contributed by atoms with van der Waals surface area (Å²) in [6, 6.07) is 0. The van der Waals surface area contributed by atoms with Gasteiger partial charge in [-0.2, -0.15) is 0 Å². The van der Waals surface area contributed by atoms with Crippen LogP contribution < -0.4 is 0 Å². The molecule has 0 aromatic carbocycles. The van der Waals surface area contributed by atoms with Crippen LogP contribution in [0.25, 0.3) is 0 Å². The van der Waals surface area contributed by atoms with E-state index in [-0.39, 0.29) is 19.1 Å². The SMILES string of the molecule is C.C.CCC.[2HH].[2HH].[2HH].[2H][2H]. The molecule has 0 fully saturated rings. The molecule has 0 aromatic rings. The second kappa shape index (κ2) is 36.0. The Morgan fingerprint density at radius 2 is 1.40 bits per heavy atom. The molecule has 0 spiro atoms. The molecule has 0 radical (unpaired) electrons. The third kappa shape index (κ3) is 0. The molecule has 0 aliphatic rings. The van der Waals surface area contributed by atoms with Gasteiger partial charge >= 0.3 is 0 Å². The first-order chi connectivity index (χ1) is 2.41. The van der Waals surface area contributed by atoms with Gasteiger partial charge in [0.25, 0.3) is 0 Å². The molecule has 0 N–H and O–H groups in total. The van der Waals surface area contributed by atoms with Crippen LogP contribution in [0.1, 0.15) is 42.4 Å². The Labute approximate surface area is 43.8 Å². The van der Waals surface area contributed by atoms with Crippen LogP contribution in [0.2, 0.25) is 0 Å². The highest BCUT2D eigenvalue weighted by Crippen LogP contribution is 1.56. The Hall–Kier alpha value is 0. The van der Waals surface area contributed by atoms with Crippen molar-refractivity contribution in [1.29, 1.82) is 0 Å². The zero-order valence-corrected chi connectivity index (χ0v) is 2.71. The normalized spacial score (nSPS) is 5.20. The van der Waals surface area contributed by atoms with Crippen LogP contribution in [0, 0.1) is 0 Å². The summed E-state index contributed by atoms with van der Waals surface area (Å²) in [6.07, 6.45) is 1.25. The number of rotatable bonds is 0. The molecule has 0 aliphatic heterocycles. The molecule has 0 atom stereocenters. The first-order valence-electron chi connectivity index (χ1n) is 2.41. The highest BCUT2D eigenvalue weighted by molar-refractivity contribution is 3.92. The van der Waals surface area contributed by atoms with Crippen molar-refractivity contribution in [2.75, 3.05) is 0 Å². The van der Waals surface area contributed by atoms with Gasteiger partial charge in [-0.05, 0) is 0 Å². The van der Waals surface area contributed by atoms with Crippen molar-refractivity contribution < 1.29 is 7.25 Å². The summed E-state index contributed by atoms with van der Waals surface area (Å²) in [4.78, 5) is 0. The average molecular weight is 89.3 g/mol. The van der Waals surface area contributed by atoms with Gasteiger partial charge in [-0.1, -0.05) is 35.1 Å². The van der Waals surface area contributed by atoms with Gasteiger partial charge in [0.1, 0.15) is 0 Å². The van der Waals surface area contributed by atoms with Crippen molar-refractivity contribution in [3.63, 3.8) is 0 Å². The van der Waals surface area contributed by atoms with Crippen LogP contribution in [-0.4, -0.2) is 0 Å². The third-order valence-electron chi connectivity index (χ3n) is 0. The zero-order valence-electron chi connectivity index (χ0n) is 4.71. The summed E-state index contributed by atoms with van der Waals surface area (Å²) in [6.45, 7) is 4.25. The van der Waals surface area contributed by atoms with E-state index in [0.717, 1.165) is 0 Å². The van der Waals surface area contributed by atoms with Crippen LogP contribution >= 0.6 is 0 Å². The first kappa shape index (κ1) is 8.89. The molecule has 0 aliphatic carbocycles. The quantitative estimate of drug-likeness (QED) is 0.425. The summed E-state index contributed by atoms with van der Waals surface area (Å²) in [5.41, 5.74) is 0. The fourth-order valence-corrected chi connectivity index (χ4v) is 0. The zero-order chi connectivity index (χ0) is 4.71. The maximum atomic E-state index is 5.00. The van der Waals surface area contributed by atoms with E-state index >= 15 is 0 Å². The van der Waals surface area contributed by atoms with Crippen molar-refractivity contribution in [3.8, 4) is 0 Å². The Balaban J connectivity index is -0.00000000246.